The number of aromatic nitrogens is 1. The predicted octanol–water partition coefficient (Wildman–Crippen LogP) is 1.55. The lowest BCUT2D eigenvalue weighted by Crippen LogP contribution is -2.17. The summed E-state index contributed by atoms with van der Waals surface area (Å²) in [5.74, 6) is 0.855. The first-order valence-electron chi connectivity index (χ1n) is 5.08. The molecule has 0 saturated carbocycles. The molecule has 0 aliphatic heterocycles. The highest BCUT2D eigenvalue weighted by atomic mass is 16.5. The van der Waals surface area contributed by atoms with E-state index >= 15 is 0 Å². The Kier molecular flexibility index (Phi) is 3.91. The maximum Gasteiger partial charge on any atom is 0.146 e. The van der Waals surface area contributed by atoms with Gasteiger partial charge in [0.2, 0.25) is 0 Å². The quantitative estimate of drug-likeness (QED) is 0.791. The van der Waals surface area contributed by atoms with Crippen molar-refractivity contribution in [2.45, 2.75) is 32.8 Å². The summed E-state index contributed by atoms with van der Waals surface area (Å²) in [7, 11) is 0. The van der Waals surface area contributed by atoms with Crippen LogP contribution in [-0.2, 0) is 0 Å². The van der Waals surface area contributed by atoms with Gasteiger partial charge in [0.15, 0.2) is 0 Å². The maximum absolute atomic E-state index is 8.88. The van der Waals surface area contributed by atoms with Gasteiger partial charge in [0.05, 0.1) is 18.0 Å². The topological polar surface area (TPSA) is 68.4 Å². The van der Waals surface area contributed by atoms with E-state index in [2.05, 4.69) is 4.98 Å². The number of nitrogens with two attached hydrogens (primary N) is 1. The molecule has 84 valence electrons. The maximum atomic E-state index is 8.88. The zero-order valence-corrected chi connectivity index (χ0v) is 9.40. The summed E-state index contributed by atoms with van der Waals surface area (Å²) in [6.07, 6.45) is 1.42. The Morgan fingerprint density at radius 2 is 2.13 bits per heavy atom. The first-order chi connectivity index (χ1) is 7.06. The van der Waals surface area contributed by atoms with Gasteiger partial charge in [-0.25, -0.2) is 0 Å². The average Bonchev–Trinajstić information content (AvgIpc) is 2.20. The van der Waals surface area contributed by atoms with Crippen molar-refractivity contribution in [2.24, 2.45) is 0 Å². The number of aliphatic hydroxyl groups is 1. The summed E-state index contributed by atoms with van der Waals surface area (Å²) in [6, 6.07) is 1.72. The molecule has 0 spiro atoms. The van der Waals surface area contributed by atoms with Crippen LogP contribution in [0.15, 0.2) is 12.3 Å². The second kappa shape index (κ2) is 4.98. The molecular formula is C11H18N2O2. The average molecular weight is 210 g/mol. The van der Waals surface area contributed by atoms with Crippen LogP contribution in [0.3, 0.4) is 0 Å². The molecule has 1 heterocycles. The van der Waals surface area contributed by atoms with E-state index in [4.69, 9.17) is 15.6 Å². The van der Waals surface area contributed by atoms with Crippen LogP contribution in [0.4, 0.5) is 5.69 Å². The molecule has 3 N–H and O–H groups in total. The van der Waals surface area contributed by atoms with Gasteiger partial charge in [-0.1, -0.05) is 13.8 Å². The third-order valence-corrected chi connectivity index (χ3v) is 2.11. The van der Waals surface area contributed by atoms with Crippen molar-refractivity contribution in [1.82, 2.24) is 4.98 Å². The van der Waals surface area contributed by atoms with Crippen LogP contribution < -0.4 is 10.5 Å². The van der Waals surface area contributed by atoms with Gasteiger partial charge in [-0.15, -0.1) is 0 Å². The van der Waals surface area contributed by atoms with Gasteiger partial charge in [-0.3, -0.25) is 4.98 Å². The molecule has 1 atom stereocenters. The van der Waals surface area contributed by atoms with Gasteiger partial charge in [0.25, 0.3) is 0 Å². The number of nitrogen functional groups attached to an aromatic ring is 1. The fraction of sp³-hybridized carbons (Fsp3) is 0.545. The third kappa shape index (κ3) is 2.83. The van der Waals surface area contributed by atoms with Crippen molar-refractivity contribution >= 4 is 5.69 Å². The minimum atomic E-state index is -0.255. The van der Waals surface area contributed by atoms with Crippen molar-refractivity contribution < 1.29 is 9.84 Å². The Labute approximate surface area is 90.1 Å². The van der Waals surface area contributed by atoms with Crippen LogP contribution >= 0.6 is 0 Å². The Hall–Kier alpha value is -1.29. The lowest BCUT2D eigenvalue weighted by molar-refractivity contribution is 0.130. The molecule has 4 nitrogen and oxygen atoms in total. The summed E-state index contributed by atoms with van der Waals surface area (Å²) in [5.41, 5.74) is 7.31. The number of hydrogen-bond donors (Lipinski definition) is 2. The molecule has 1 rings (SSSR count). The molecule has 0 aliphatic rings. The summed E-state index contributed by atoms with van der Waals surface area (Å²) in [5, 5.41) is 8.88. The third-order valence-electron chi connectivity index (χ3n) is 2.11. The van der Waals surface area contributed by atoms with E-state index in [0.717, 1.165) is 5.69 Å². The minimum absolute atomic E-state index is 0.0290. The molecule has 0 bridgehead atoms. The van der Waals surface area contributed by atoms with E-state index in [-0.39, 0.29) is 18.6 Å². The molecule has 1 aromatic heterocycles. The first kappa shape index (κ1) is 11.8. The first-order valence-corrected chi connectivity index (χ1v) is 5.08. The van der Waals surface area contributed by atoms with Crippen LogP contribution in [0, 0.1) is 0 Å². The molecular weight excluding hydrogens is 192 g/mol. The Morgan fingerprint density at radius 1 is 1.47 bits per heavy atom. The van der Waals surface area contributed by atoms with Gasteiger partial charge in [0.1, 0.15) is 11.9 Å². The van der Waals surface area contributed by atoms with Crippen molar-refractivity contribution in [3.63, 3.8) is 0 Å². The number of nitrogens with zero attached hydrogens (tertiary/aromatic N) is 1. The fourth-order valence-electron chi connectivity index (χ4n) is 1.29. The van der Waals surface area contributed by atoms with E-state index in [0.29, 0.717) is 11.4 Å². The van der Waals surface area contributed by atoms with Crippen LogP contribution in [0.25, 0.3) is 0 Å². The van der Waals surface area contributed by atoms with Crippen molar-refractivity contribution in [1.29, 1.82) is 0 Å². The van der Waals surface area contributed by atoms with Crippen LogP contribution in [-0.4, -0.2) is 22.8 Å². The van der Waals surface area contributed by atoms with Gasteiger partial charge in [-0.2, -0.15) is 0 Å². The van der Waals surface area contributed by atoms with E-state index in [1.165, 1.54) is 0 Å². The Morgan fingerprint density at radius 3 is 2.67 bits per heavy atom. The van der Waals surface area contributed by atoms with Crippen molar-refractivity contribution in [2.75, 3.05) is 12.3 Å². The number of ether oxygens (including phenoxy) is 1. The molecule has 4 heteroatoms. The van der Waals surface area contributed by atoms with Crippen LogP contribution in [0.2, 0.25) is 0 Å². The van der Waals surface area contributed by atoms with Gasteiger partial charge in [0, 0.05) is 12.3 Å². The Balaban J connectivity index is 2.94. The minimum Gasteiger partial charge on any atom is -0.486 e. The molecule has 0 aromatic carbocycles. The van der Waals surface area contributed by atoms with Gasteiger partial charge < -0.3 is 15.6 Å². The van der Waals surface area contributed by atoms with Crippen LogP contribution in [0.5, 0.6) is 5.75 Å². The smallest absolute Gasteiger partial charge is 0.146 e. The summed E-state index contributed by atoms with van der Waals surface area (Å²) >= 11 is 0. The van der Waals surface area contributed by atoms with E-state index in [1.807, 2.05) is 13.8 Å². The van der Waals surface area contributed by atoms with Crippen LogP contribution in [0.1, 0.15) is 32.4 Å². The van der Waals surface area contributed by atoms with Gasteiger partial charge >= 0.3 is 0 Å². The summed E-state index contributed by atoms with van der Waals surface area (Å²) in [6.45, 7) is 5.81. The Bertz CT molecular complexity index is 326. The number of pyridine rings is 1. The molecule has 0 aliphatic carbocycles. The molecule has 15 heavy (non-hydrogen) atoms. The van der Waals surface area contributed by atoms with E-state index < -0.39 is 0 Å². The monoisotopic (exact) mass is 210 g/mol. The molecule has 1 unspecified atom stereocenters. The standard InChI is InChI=1S/C11H18N2O2/c1-7(2)11-10(12)9(4-5-13-11)15-8(3)6-14/h4-5,7-8,14H,6,12H2,1-3H3. The lowest BCUT2D eigenvalue weighted by atomic mass is 10.1. The highest BCUT2D eigenvalue weighted by Gasteiger charge is 2.12. The molecule has 0 radical (unpaired) electrons. The highest BCUT2D eigenvalue weighted by molar-refractivity contribution is 5.56. The number of anilines is 1. The zero-order chi connectivity index (χ0) is 11.4. The predicted molar refractivity (Wildman–Crippen MR) is 59.9 cm³/mol. The molecule has 0 amide bonds. The summed E-state index contributed by atoms with van der Waals surface area (Å²) in [4.78, 5) is 4.20. The molecule has 0 saturated heterocycles. The zero-order valence-electron chi connectivity index (χ0n) is 9.40. The lowest BCUT2D eigenvalue weighted by Gasteiger charge is -2.16. The molecule has 0 fully saturated rings. The van der Waals surface area contributed by atoms with Crippen molar-refractivity contribution in [3.05, 3.63) is 18.0 Å². The normalized spacial score (nSPS) is 12.9. The number of hydrogen-bond acceptors (Lipinski definition) is 4. The van der Waals surface area contributed by atoms with E-state index in [9.17, 15) is 0 Å². The number of aliphatic hydroxyl groups excluding tert-OH is 1. The second-order valence-corrected chi connectivity index (χ2v) is 3.87. The second-order valence-electron chi connectivity index (χ2n) is 3.87. The summed E-state index contributed by atoms with van der Waals surface area (Å²) < 4.78 is 5.47. The van der Waals surface area contributed by atoms with Gasteiger partial charge in [-0.05, 0) is 12.8 Å². The fourth-order valence-corrected chi connectivity index (χ4v) is 1.29. The SMILES string of the molecule is CC(CO)Oc1ccnc(C(C)C)c1N. The van der Waals surface area contributed by atoms with E-state index in [1.54, 1.807) is 19.2 Å². The highest BCUT2D eigenvalue weighted by Crippen LogP contribution is 2.28. The van der Waals surface area contributed by atoms with Crippen molar-refractivity contribution in [3.8, 4) is 5.75 Å². The molecule has 1 aromatic rings. The number of rotatable bonds is 4. The largest absolute Gasteiger partial charge is 0.486 e.